The molecule has 0 aliphatic rings. The fourth-order valence-corrected chi connectivity index (χ4v) is 3.11. The molecule has 19 heavy (non-hydrogen) atoms. The highest BCUT2D eigenvalue weighted by Gasteiger charge is 2.20. The number of para-hydroxylation sites is 1. The van der Waals surface area contributed by atoms with E-state index in [1.807, 2.05) is 6.07 Å². The first kappa shape index (κ1) is 12.6. The number of thiophene rings is 1. The van der Waals surface area contributed by atoms with Gasteiger partial charge in [0.15, 0.2) is 11.4 Å². The van der Waals surface area contributed by atoms with E-state index < -0.39 is 0 Å². The minimum absolute atomic E-state index is 0.236. The number of furan rings is 1. The Bertz CT molecular complexity index is 724. The summed E-state index contributed by atoms with van der Waals surface area (Å²) in [6.07, 6.45) is 0. The van der Waals surface area contributed by atoms with E-state index in [0.29, 0.717) is 15.5 Å². The summed E-state index contributed by atoms with van der Waals surface area (Å²) in [7, 11) is 0. The van der Waals surface area contributed by atoms with Gasteiger partial charge in [-0.3, -0.25) is 5.84 Å². The van der Waals surface area contributed by atoms with Gasteiger partial charge in [-0.05, 0) is 24.3 Å². The summed E-state index contributed by atoms with van der Waals surface area (Å²) >= 11 is 7.31. The molecule has 2 heterocycles. The maximum atomic E-state index is 13.6. The molecule has 0 saturated carbocycles. The van der Waals surface area contributed by atoms with Crippen molar-refractivity contribution in [2.45, 2.75) is 6.04 Å². The van der Waals surface area contributed by atoms with Crippen molar-refractivity contribution < 1.29 is 8.81 Å². The summed E-state index contributed by atoms with van der Waals surface area (Å²) in [5.41, 5.74) is 2.90. The van der Waals surface area contributed by atoms with Crippen molar-refractivity contribution in [2.75, 3.05) is 0 Å². The van der Waals surface area contributed by atoms with Gasteiger partial charge in [0.25, 0.3) is 0 Å². The molecule has 98 valence electrons. The quantitative estimate of drug-likeness (QED) is 0.570. The second-order valence-electron chi connectivity index (χ2n) is 4.05. The van der Waals surface area contributed by atoms with E-state index in [1.54, 1.807) is 24.3 Å². The molecule has 0 radical (unpaired) electrons. The summed E-state index contributed by atoms with van der Waals surface area (Å²) in [4.78, 5) is 0.909. The predicted molar refractivity (Wildman–Crippen MR) is 74.7 cm³/mol. The molecule has 0 aliphatic heterocycles. The zero-order chi connectivity index (χ0) is 13.4. The molecule has 0 bridgehead atoms. The number of nitrogens with one attached hydrogen (secondary N) is 1. The van der Waals surface area contributed by atoms with Gasteiger partial charge < -0.3 is 4.42 Å². The van der Waals surface area contributed by atoms with E-state index >= 15 is 0 Å². The van der Waals surface area contributed by atoms with Crippen LogP contribution in [0.1, 0.15) is 16.7 Å². The molecule has 0 spiro atoms. The van der Waals surface area contributed by atoms with E-state index in [9.17, 15) is 4.39 Å². The fraction of sp³-hybridized carbons (Fsp3) is 0.0769. The van der Waals surface area contributed by atoms with Gasteiger partial charge in [-0.2, -0.15) is 0 Å². The number of fused-ring (bicyclic) bond motifs is 1. The number of halogens is 2. The van der Waals surface area contributed by atoms with Crippen LogP contribution < -0.4 is 11.3 Å². The molecule has 1 unspecified atom stereocenters. The minimum atomic E-state index is -0.385. The van der Waals surface area contributed by atoms with E-state index in [-0.39, 0.29) is 17.4 Å². The SMILES string of the molecule is NNC(c1cc2cccc(F)c2o1)c1ccc(Cl)s1. The van der Waals surface area contributed by atoms with Crippen LogP contribution in [0, 0.1) is 5.82 Å². The Morgan fingerprint density at radius 2 is 2.16 bits per heavy atom. The molecule has 3 aromatic rings. The zero-order valence-corrected chi connectivity index (χ0v) is 11.3. The first-order chi connectivity index (χ1) is 9.19. The van der Waals surface area contributed by atoms with Gasteiger partial charge in [-0.15, -0.1) is 11.3 Å². The lowest BCUT2D eigenvalue weighted by atomic mass is 10.2. The van der Waals surface area contributed by atoms with Crippen LogP contribution in [-0.4, -0.2) is 0 Å². The molecule has 1 atom stereocenters. The molecule has 3 nitrogen and oxygen atoms in total. The third kappa shape index (κ3) is 2.26. The lowest BCUT2D eigenvalue weighted by molar-refractivity contribution is 0.468. The van der Waals surface area contributed by atoms with Crippen LogP contribution in [-0.2, 0) is 0 Å². The van der Waals surface area contributed by atoms with Crippen molar-refractivity contribution in [1.82, 2.24) is 5.43 Å². The van der Waals surface area contributed by atoms with Gasteiger partial charge in [0.2, 0.25) is 0 Å². The van der Waals surface area contributed by atoms with Crippen LogP contribution in [0.3, 0.4) is 0 Å². The molecule has 3 N–H and O–H groups in total. The average molecular weight is 297 g/mol. The topological polar surface area (TPSA) is 51.2 Å². The van der Waals surface area contributed by atoms with Crippen LogP contribution in [0.4, 0.5) is 4.39 Å². The average Bonchev–Trinajstić information content (AvgIpc) is 2.98. The lowest BCUT2D eigenvalue weighted by Gasteiger charge is -2.10. The van der Waals surface area contributed by atoms with Crippen molar-refractivity contribution in [3.8, 4) is 0 Å². The molecule has 1 aromatic carbocycles. The summed E-state index contributed by atoms with van der Waals surface area (Å²) in [6, 6.07) is 9.88. The maximum Gasteiger partial charge on any atom is 0.169 e. The summed E-state index contributed by atoms with van der Waals surface area (Å²) in [6.45, 7) is 0. The van der Waals surface area contributed by atoms with Crippen molar-refractivity contribution in [3.63, 3.8) is 0 Å². The van der Waals surface area contributed by atoms with Gasteiger partial charge >= 0.3 is 0 Å². The summed E-state index contributed by atoms with van der Waals surface area (Å²) in [5, 5.41) is 0.706. The smallest absolute Gasteiger partial charge is 0.169 e. The number of benzene rings is 1. The van der Waals surface area contributed by atoms with E-state index in [0.717, 1.165) is 4.88 Å². The Kier molecular flexibility index (Phi) is 3.28. The lowest BCUT2D eigenvalue weighted by Crippen LogP contribution is -2.27. The van der Waals surface area contributed by atoms with Crippen LogP contribution in [0.25, 0.3) is 11.0 Å². The number of rotatable bonds is 3. The Labute approximate surface area is 117 Å². The number of hydrogen-bond acceptors (Lipinski definition) is 4. The molecule has 0 amide bonds. The van der Waals surface area contributed by atoms with Gasteiger partial charge in [-0.25, -0.2) is 9.82 Å². The Morgan fingerprint density at radius 3 is 2.79 bits per heavy atom. The molecule has 0 fully saturated rings. The maximum absolute atomic E-state index is 13.6. The fourth-order valence-electron chi connectivity index (χ4n) is 1.98. The molecular weight excluding hydrogens is 287 g/mol. The Hall–Kier alpha value is -1.40. The number of nitrogens with two attached hydrogens (primary N) is 1. The minimum Gasteiger partial charge on any atom is -0.456 e. The Balaban J connectivity index is 2.09. The monoisotopic (exact) mass is 296 g/mol. The standard InChI is InChI=1S/C13H10ClFN2OS/c14-11-5-4-10(19-11)12(17-16)9-6-7-2-1-3-8(15)13(7)18-9/h1-6,12,17H,16H2. The molecule has 2 aromatic heterocycles. The number of hydrazine groups is 1. The second kappa shape index (κ2) is 4.94. The first-order valence-corrected chi connectivity index (χ1v) is 6.78. The summed E-state index contributed by atoms with van der Waals surface area (Å²) in [5.74, 6) is 5.74. The van der Waals surface area contributed by atoms with Crippen LogP contribution in [0.15, 0.2) is 40.8 Å². The second-order valence-corrected chi connectivity index (χ2v) is 5.80. The molecular formula is C13H10ClFN2OS. The highest BCUT2D eigenvalue weighted by molar-refractivity contribution is 7.16. The van der Waals surface area contributed by atoms with Gasteiger partial charge in [0.05, 0.1) is 4.34 Å². The highest BCUT2D eigenvalue weighted by Crippen LogP contribution is 2.33. The van der Waals surface area contributed by atoms with Crippen LogP contribution >= 0.6 is 22.9 Å². The van der Waals surface area contributed by atoms with Crippen LogP contribution in [0.2, 0.25) is 4.34 Å². The Morgan fingerprint density at radius 1 is 1.32 bits per heavy atom. The van der Waals surface area contributed by atoms with E-state index in [4.69, 9.17) is 21.9 Å². The third-order valence-electron chi connectivity index (χ3n) is 2.84. The predicted octanol–water partition coefficient (Wildman–Crippen LogP) is 3.84. The van der Waals surface area contributed by atoms with Gasteiger partial charge in [0.1, 0.15) is 11.8 Å². The third-order valence-corrected chi connectivity index (χ3v) is 4.14. The van der Waals surface area contributed by atoms with Gasteiger partial charge in [-0.1, -0.05) is 23.7 Å². The van der Waals surface area contributed by atoms with E-state index in [1.165, 1.54) is 17.4 Å². The van der Waals surface area contributed by atoms with Crippen molar-refractivity contribution in [3.05, 3.63) is 57.2 Å². The highest BCUT2D eigenvalue weighted by atomic mass is 35.5. The molecule has 6 heteroatoms. The summed E-state index contributed by atoms with van der Waals surface area (Å²) < 4.78 is 19.8. The van der Waals surface area contributed by atoms with Crippen molar-refractivity contribution >= 4 is 33.9 Å². The molecule has 3 rings (SSSR count). The van der Waals surface area contributed by atoms with E-state index in [2.05, 4.69) is 5.43 Å². The number of hydrogen-bond donors (Lipinski definition) is 2. The van der Waals surface area contributed by atoms with Gasteiger partial charge in [0, 0.05) is 10.3 Å². The first-order valence-electron chi connectivity index (χ1n) is 5.58. The van der Waals surface area contributed by atoms with Crippen molar-refractivity contribution in [2.24, 2.45) is 5.84 Å². The normalized spacial score (nSPS) is 13.0. The largest absolute Gasteiger partial charge is 0.456 e. The van der Waals surface area contributed by atoms with Crippen molar-refractivity contribution in [1.29, 1.82) is 0 Å². The molecule has 0 saturated heterocycles. The molecule has 0 aliphatic carbocycles. The zero-order valence-electron chi connectivity index (χ0n) is 9.69. The van der Waals surface area contributed by atoms with Crippen LogP contribution in [0.5, 0.6) is 0 Å².